The summed E-state index contributed by atoms with van der Waals surface area (Å²) in [6.45, 7) is 0.711. The maximum Gasteiger partial charge on any atom is 0.132 e. The van der Waals surface area contributed by atoms with E-state index in [1.165, 1.54) is 17.4 Å². The number of nitrogens with one attached hydrogen (secondary N) is 1. The van der Waals surface area contributed by atoms with Gasteiger partial charge in [-0.05, 0) is 41.3 Å². The van der Waals surface area contributed by atoms with Gasteiger partial charge in [-0.3, -0.25) is 0 Å². The molecule has 0 saturated carbocycles. The van der Waals surface area contributed by atoms with Crippen molar-refractivity contribution < 1.29 is 9.50 Å². The number of hydrogen-bond acceptors (Lipinski definition) is 3. The van der Waals surface area contributed by atoms with Gasteiger partial charge in [-0.1, -0.05) is 47.5 Å². The van der Waals surface area contributed by atoms with Gasteiger partial charge >= 0.3 is 0 Å². The lowest BCUT2D eigenvalue weighted by Crippen LogP contribution is -2.13. The van der Waals surface area contributed by atoms with Crippen molar-refractivity contribution in [3.63, 3.8) is 0 Å². The van der Waals surface area contributed by atoms with Gasteiger partial charge in [-0.25, -0.2) is 4.39 Å². The summed E-state index contributed by atoms with van der Waals surface area (Å²) in [6.07, 6.45) is 4.70. The molecule has 2 heterocycles. The van der Waals surface area contributed by atoms with E-state index >= 15 is 0 Å². The first-order valence-electron chi connectivity index (χ1n) is 8.65. The fraction of sp³-hybridized carbons (Fsp3) is 0.0909. The van der Waals surface area contributed by atoms with Crippen LogP contribution < -0.4 is 5.32 Å². The Bertz CT molecular complexity index is 1070. The van der Waals surface area contributed by atoms with Crippen LogP contribution in [-0.4, -0.2) is 11.7 Å². The van der Waals surface area contributed by atoms with Crippen LogP contribution in [0, 0.1) is 5.82 Å². The number of thiophene rings is 1. The van der Waals surface area contributed by atoms with Gasteiger partial charge in [0, 0.05) is 49.9 Å². The molecule has 0 aliphatic carbocycles. The lowest BCUT2D eigenvalue weighted by atomic mass is 9.92. The van der Waals surface area contributed by atoms with Gasteiger partial charge in [0.15, 0.2) is 0 Å². The monoisotopic (exact) mass is 431 g/mol. The van der Waals surface area contributed by atoms with Gasteiger partial charge in [0.25, 0.3) is 0 Å². The number of dihydropyridines is 1. The normalized spacial score (nSPS) is 14.5. The predicted molar refractivity (Wildman–Crippen MR) is 115 cm³/mol. The molecule has 3 aromatic rings. The molecule has 0 spiro atoms. The maximum absolute atomic E-state index is 14.7. The van der Waals surface area contributed by atoms with Crippen LogP contribution in [0.5, 0.6) is 0 Å². The second-order valence-electron chi connectivity index (χ2n) is 6.38. The zero-order valence-corrected chi connectivity index (χ0v) is 17.0. The van der Waals surface area contributed by atoms with Gasteiger partial charge in [0.05, 0.1) is 0 Å². The zero-order valence-electron chi connectivity index (χ0n) is 14.6. The number of aliphatic hydroxyl groups excluding tert-OH is 1. The van der Waals surface area contributed by atoms with Crippen LogP contribution in [-0.2, 0) is 0 Å². The second kappa shape index (κ2) is 8.10. The maximum atomic E-state index is 14.7. The molecule has 0 radical (unpaired) electrons. The van der Waals surface area contributed by atoms with Gasteiger partial charge in [0.1, 0.15) is 11.9 Å². The molecule has 1 aliphatic rings. The lowest BCUT2D eigenvalue weighted by Gasteiger charge is -2.19. The summed E-state index contributed by atoms with van der Waals surface area (Å²) in [5, 5.41) is 17.1. The van der Waals surface area contributed by atoms with Crippen LogP contribution in [0.15, 0.2) is 71.8 Å². The fourth-order valence-corrected chi connectivity index (χ4v) is 4.60. The molecule has 0 bridgehead atoms. The van der Waals surface area contributed by atoms with Crippen molar-refractivity contribution in [1.82, 2.24) is 5.32 Å². The number of aliphatic hydroxyl groups is 1. The average Bonchev–Trinajstić information content (AvgIpc) is 3.13. The number of halogens is 3. The first-order chi connectivity index (χ1) is 13.5. The molecule has 4 rings (SSSR count). The molecule has 1 aliphatic heterocycles. The Morgan fingerprint density at radius 3 is 2.46 bits per heavy atom. The van der Waals surface area contributed by atoms with Gasteiger partial charge in [-0.2, -0.15) is 0 Å². The van der Waals surface area contributed by atoms with E-state index in [-0.39, 0.29) is 0 Å². The predicted octanol–water partition coefficient (Wildman–Crippen LogP) is 6.60. The summed E-state index contributed by atoms with van der Waals surface area (Å²) in [5.74, 6) is -0.423. The van der Waals surface area contributed by atoms with Gasteiger partial charge in [-0.15, -0.1) is 11.3 Å². The van der Waals surface area contributed by atoms with Crippen molar-refractivity contribution in [2.75, 3.05) is 6.54 Å². The third-order valence-corrected chi connectivity index (χ3v) is 6.09. The molecule has 1 atom stereocenters. The van der Waals surface area contributed by atoms with Gasteiger partial charge < -0.3 is 10.4 Å². The smallest absolute Gasteiger partial charge is 0.132 e. The molecular weight excluding hydrogens is 416 g/mol. The first kappa shape index (κ1) is 19.2. The minimum absolute atomic E-state index is 0.332. The zero-order chi connectivity index (χ0) is 19.7. The molecule has 2 aromatic carbocycles. The molecule has 0 saturated heterocycles. The molecule has 1 aromatic heterocycles. The van der Waals surface area contributed by atoms with Crippen molar-refractivity contribution in [2.45, 2.75) is 6.10 Å². The minimum atomic E-state index is -0.911. The molecule has 2 nitrogen and oxygen atoms in total. The summed E-state index contributed by atoms with van der Waals surface area (Å²) in [4.78, 5) is 0.869. The molecule has 28 heavy (non-hydrogen) atoms. The largest absolute Gasteiger partial charge is 0.387 e. The molecule has 0 amide bonds. The number of benzene rings is 2. The van der Waals surface area contributed by atoms with Crippen molar-refractivity contribution >= 4 is 34.5 Å². The fourth-order valence-electron chi connectivity index (χ4n) is 3.20. The van der Waals surface area contributed by atoms with E-state index in [0.717, 1.165) is 16.0 Å². The highest BCUT2D eigenvalue weighted by molar-refractivity contribution is 7.14. The number of hydrogen-bond donors (Lipinski definition) is 2. The standard InChI is InChI=1S/C22H16Cl2FNOS/c23-15-5-3-13(4-6-15)22-20(21(27)14-2-1-9-26-11-14)18(12-28-22)17-8-7-16(24)10-19(17)25/h1-8,10-12,21,26-27H,9H2. The van der Waals surface area contributed by atoms with Crippen LogP contribution >= 0.6 is 34.5 Å². The number of rotatable bonds is 4. The highest BCUT2D eigenvalue weighted by Crippen LogP contribution is 2.45. The van der Waals surface area contributed by atoms with Crippen LogP contribution in [0.2, 0.25) is 10.0 Å². The summed E-state index contributed by atoms with van der Waals surface area (Å²) in [6, 6.07) is 12.0. The van der Waals surface area contributed by atoms with Crippen molar-refractivity contribution in [3.8, 4) is 21.6 Å². The van der Waals surface area contributed by atoms with Crippen molar-refractivity contribution in [1.29, 1.82) is 0 Å². The van der Waals surface area contributed by atoms with Crippen molar-refractivity contribution in [2.24, 2.45) is 0 Å². The van der Waals surface area contributed by atoms with Crippen LogP contribution in [0.25, 0.3) is 21.6 Å². The quantitative estimate of drug-likeness (QED) is 0.487. The third-order valence-electron chi connectivity index (χ3n) is 4.56. The van der Waals surface area contributed by atoms with E-state index in [1.807, 2.05) is 29.7 Å². The summed E-state index contributed by atoms with van der Waals surface area (Å²) in [7, 11) is 0. The van der Waals surface area contributed by atoms with Crippen molar-refractivity contribution in [3.05, 3.63) is 93.2 Å². The van der Waals surface area contributed by atoms with E-state index in [9.17, 15) is 9.50 Å². The average molecular weight is 432 g/mol. The summed E-state index contributed by atoms with van der Waals surface area (Å²) >= 11 is 13.4. The molecule has 1 unspecified atom stereocenters. The Balaban J connectivity index is 1.90. The van der Waals surface area contributed by atoms with Crippen LogP contribution in [0.3, 0.4) is 0 Å². The molecule has 6 heteroatoms. The summed E-state index contributed by atoms with van der Waals surface area (Å²) < 4.78 is 14.7. The highest BCUT2D eigenvalue weighted by Gasteiger charge is 2.25. The molecule has 142 valence electrons. The Labute approximate surface area is 176 Å². The molecular formula is C22H16Cl2FNOS. The minimum Gasteiger partial charge on any atom is -0.387 e. The van der Waals surface area contributed by atoms with E-state index < -0.39 is 11.9 Å². The Morgan fingerprint density at radius 2 is 1.79 bits per heavy atom. The first-order valence-corrected chi connectivity index (χ1v) is 10.3. The van der Waals surface area contributed by atoms with E-state index in [4.69, 9.17) is 23.2 Å². The summed E-state index contributed by atoms with van der Waals surface area (Å²) in [5.41, 5.74) is 3.35. The van der Waals surface area contributed by atoms with E-state index in [1.54, 1.807) is 30.5 Å². The van der Waals surface area contributed by atoms with Crippen LogP contribution in [0.4, 0.5) is 4.39 Å². The Hall–Kier alpha value is -2.11. The molecule has 0 fully saturated rings. The van der Waals surface area contributed by atoms with E-state index in [2.05, 4.69) is 5.32 Å². The van der Waals surface area contributed by atoms with Crippen LogP contribution in [0.1, 0.15) is 11.7 Å². The molecule has 2 N–H and O–H groups in total. The highest BCUT2D eigenvalue weighted by atomic mass is 35.5. The van der Waals surface area contributed by atoms with E-state index in [0.29, 0.717) is 33.3 Å². The lowest BCUT2D eigenvalue weighted by molar-refractivity contribution is 0.220. The van der Waals surface area contributed by atoms with Gasteiger partial charge in [0.2, 0.25) is 0 Å². The Kier molecular flexibility index (Phi) is 5.56. The third kappa shape index (κ3) is 3.74. The second-order valence-corrected chi connectivity index (χ2v) is 8.13. The topological polar surface area (TPSA) is 32.3 Å². The SMILES string of the molecule is OC(C1=CNCC=C1)c1c(-c2ccc(Cl)cc2F)csc1-c1ccc(Cl)cc1. The Morgan fingerprint density at radius 1 is 1.04 bits per heavy atom.